The maximum Gasteiger partial charge on any atom is 0.255 e. The average Bonchev–Trinajstić information content (AvgIpc) is 2.82. The molecule has 0 aliphatic carbocycles. The van der Waals surface area contributed by atoms with Crippen LogP contribution in [0.25, 0.3) is 0 Å². The quantitative estimate of drug-likeness (QED) is 0.777. The first-order valence-electron chi connectivity index (χ1n) is 8.43. The van der Waals surface area contributed by atoms with Gasteiger partial charge in [0.15, 0.2) is 0 Å². The molecular weight excluding hydrogens is 308 g/mol. The summed E-state index contributed by atoms with van der Waals surface area (Å²) in [6.45, 7) is 2.04. The number of nitrogens with one attached hydrogen (secondary N) is 1. The molecule has 6 nitrogen and oxygen atoms in total. The lowest BCUT2D eigenvalue weighted by Gasteiger charge is -2.20. The third kappa shape index (κ3) is 4.88. The Bertz CT molecular complexity index is 574. The van der Waals surface area contributed by atoms with Crippen LogP contribution in [0.1, 0.15) is 42.5 Å². The van der Waals surface area contributed by atoms with Crippen molar-refractivity contribution in [2.24, 2.45) is 0 Å². The molecule has 0 unspecified atom stereocenters. The van der Waals surface area contributed by atoms with Gasteiger partial charge in [0.2, 0.25) is 5.91 Å². The molecule has 1 aromatic rings. The minimum Gasteiger partial charge on any atom is -0.497 e. The van der Waals surface area contributed by atoms with E-state index in [9.17, 15) is 9.59 Å². The van der Waals surface area contributed by atoms with Gasteiger partial charge in [-0.15, -0.1) is 0 Å². The van der Waals surface area contributed by atoms with Crippen molar-refractivity contribution < 1.29 is 19.1 Å². The number of carbonyl (C=O) groups excluding carboxylic acids is 2. The van der Waals surface area contributed by atoms with Crippen LogP contribution >= 0.6 is 0 Å². The monoisotopic (exact) mass is 334 g/mol. The third-order valence-corrected chi connectivity index (χ3v) is 4.21. The van der Waals surface area contributed by atoms with E-state index in [1.54, 1.807) is 25.3 Å². The topological polar surface area (TPSA) is 67.9 Å². The van der Waals surface area contributed by atoms with Gasteiger partial charge in [-0.2, -0.15) is 0 Å². The second-order valence-electron chi connectivity index (χ2n) is 5.87. The summed E-state index contributed by atoms with van der Waals surface area (Å²) in [5, 5.41) is 2.88. The molecule has 1 fully saturated rings. The van der Waals surface area contributed by atoms with Crippen LogP contribution in [0, 0.1) is 0 Å². The first-order chi connectivity index (χ1) is 11.7. The molecule has 1 aromatic carbocycles. The largest absolute Gasteiger partial charge is 0.497 e. The summed E-state index contributed by atoms with van der Waals surface area (Å²) < 4.78 is 10.4. The Morgan fingerprint density at radius 2 is 2.04 bits per heavy atom. The van der Waals surface area contributed by atoms with E-state index in [0.717, 1.165) is 32.2 Å². The van der Waals surface area contributed by atoms with Crippen molar-refractivity contribution in [1.29, 1.82) is 0 Å². The van der Waals surface area contributed by atoms with Crippen molar-refractivity contribution in [2.75, 3.05) is 33.9 Å². The maximum absolute atomic E-state index is 12.3. The number of hydrogen-bond donors (Lipinski definition) is 1. The van der Waals surface area contributed by atoms with Crippen LogP contribution in [-0.2, 0) is 4.79 Å². The lowest BCUT2D eigenvalue weighted by Crippen LogP contribution is -2.34. The van der Waals surface area contributed by atoms with E-state index >= 15 is 0 Å². The summed E-state index contributed by atoms with van der Waals surface area (Å²) in [6, 6.07) is 5.12. The highest BCUT2D eigenvalue weighted by Crippen LogP contribution is 2.23. The van der Waals surface area contributed by atoms with Crippen molar-refractivity contribution in [3.8, 4) is 11.5 Å². The Balaban J connectivity index is 1.83. The van der Waals surface area contributed by atoms with Crippen molar-refractivity contribution in [1.82, 2.24) is 10.2 Å². The molecule has 6 heteroatoms. The molecule has 1 heterocycles. The molecule has 2 rings (SSSR count). The van der Waals surface area contributed by atoms with E-state index in [1.807, 2.05) is 4.90 Å². The second kappa shape index (κ2) is 9.15. The number of carbonyl (C=O) groups is 2. The van der Waals surface area contributed by atoms with E-state index in [-0.39, 0.29) is 11.8 Å². The number of benzene rings is 1. The van der Waals surface area contributed by atoms with E-state index in [0.29, 0.717) is 36.6 Å². The number of nitrogens with zero attached hydrogens (tertiary/aromatic N) is 1. The van der Waals surface area contributed by atoms with Gasteiger partial charge in [0, 0.05) is 26.1 Å². The summed E-state index contributed by atoms with van der Waals surface area (Å²) in [5.41, 5.74) is 0.447. The molecule has 0 bridgehead atoms. The van der Waals surface area contributed by atoms with Gasteiger partial charge in [-0.1, -0.05) is 6.42 Å². The minimum atomic E-state index is -0.201. The standard InChI is InChI=1S/C18H26N2O4/c1-23-14-8-9-16(24-2)15(13-14)18(22)19-10-6-12-20-11-5-3-4-7-17(20)21/h8-9,13H,3-7,10-12H2,1-2H3,(H,19,22). The summed E-state index contributed by atoms with van der Waals surface area (Å²) in [4.78, 5) is 26.2. The molecule has 24 heavy (non-hydrogen) atoms. The summed E-state index contributed by atoms with van der Waals surface area (Å²) in [5.74, 6) is 1.15. The number of methoxy groups -OCH3 is 2. The van der Waals surface area contributed by atoms with Gasteiger partial charge in [-0.3, -0.25) is 9.59 Å². The van der Waals surface area contributed by atoms with E-state index in [2.05, 4.69) is 5.32 Å². The molecule has 0 saturated carbocycles. The molecule has 1 aliphatic rings. The van der Waals surface area contributed by atoms with Crippen molar-refractivity contribution in [3.63, 3.8) is 0 Å². The van der Waals surface area contributed by atoms with Crippen LogP contribution in [0.5, 0.6) is 11.5 Å². The van der Waals surface area contributed by atoms with Gasteiger partial charge in [-0.25, -0.2) is 0 Å². The van der Waals surface area contributed by atoms with Gasteiger partial charge >= 0.3 is 0 Å². The molecule has 1 saturated heterocycles. The van der Waals surface area contributed by atoms with Gasteiger partial charge in [0.1, 0.15) is 11.5 Å². The highest BCUT2D eigenvalue weighted by atomic mass is 16.5. The van der Waals surface area contributed by atoms with Crippen molar-refractivity contribution in [2.45, 2.75) is 32.1 Å². The van der Waals surface area contributed by atoms with E-state index in [1.165, 1.54) is 7.11 Å². The predicted octanol–water partition coefficient (Wildman–Crippen LogP) is 2.23. The zero-order chi connectivity index (χ0) is 17.4. The van der Waals surface area contributed by atoms with Crippen molar-refractivity contribution >= 4 is 11.8 Å². The van der Waals surface area contributed by atoms with Crippen LogP contribution in [0.2, 0.25) is 0 Å². The number of amides is 2. The van der Waals surface area contributed by atoms with Crippen LogP contribution < -0.4 is 14.8 Å². The van der Waals surface area contributed by atoms with Crippen molar-refractivity contribution in [3.05, 3.63) is 23.8 Å². The minimum absolute atomic E-state index is 0.201. The fraction of sp³-hybridized carbons (Fsp3) is 0.556. The molecule has 0 atom stereocenters. The Labute approximate surface area is 143 Å². The van der Waals surface area contributed by atoms with Crippen LogP contribution in [0.15, 0.2) is 18.2 Å². The molecule has 0 radical (unpaired) electrons. The fourth-order valence-electron chi connectivity index (χ4n) is 2.83. The number of ether oxygens (including phenoxy) is 2. The molecule has 132 valence electrons. The van der Waals surface area contributed by atoms with E-state index in [4.69, 9.17) is 9.47 Å². The van der Waals surface area contributed by atoms with Crippen LogP contribution in [0.4, 0.5) is 0 Å². The van der Waals surface area contributed by atoms with E-state index < -0.39 is 0 Å². The highest BCUT2D eigenvalue weighted by Gasteiger charge is 2.16. The summed E-state index contributed by atoms with van der Waals surface area (Å²) in [6.07, 6.45) is 4.56. The smallest absolute Gasteiger partial charge is 0.255 e. The molecule has 0 aromatic heterocycles. The summed E-state index contributed by atoms with van der Waals surface area (Å²) >= 11 is 0. The molecule has 1 N–H and O–H groups in total. The van der Waals surface area contributed by atoms with Crippen LogP contribution in [-0.4, -0.2) is 50.6 Å². The fourth-order valence-corrected chi connectivity index (χ4v) is 2.83. The van der Waals surface area contributed by atoms with Gasteiger partial charge in [-0.05, 0) is 37.5 Å². The highest BCUT2D eigenvalue weighted by molar-refractivity contribution is 5.97. The molecular formula is C18H26N2O4. The Morgan fingerprint density at radius 1 is 1.21 bits per heavy atom. The SMILES string of the molecule is COc1ccc(OC)c(C(=O)NCCCN2CCCCCC2=O)c1. The third-order valence-electron chi connectivity index (χ3n) is 4.21. The average molecular weight is 334 g/mol. The normalized spacial score (nSPS) is 14.9. The lowest BCUT2D eigenvalue weighted by atomic mass is 10.1. The van der Waals surface area contributed by atoms with Gasteiger partial charge < -0.3 is 19.7 Å². The van der Waals surface area contributed by atoms with Gasteiger partial charge in [0.05, 0.1) is 19.8 Å². The number of hydrogen-bond acceptors (Lipinski definition) is 4. The number of likely N-dealkylation sites (tertiary alicyclic amines) is 1. The zero-order valence-corrected chi connectivity index (χ0v) is 14.5. The second-order valence-corrected chi connectivity index (χ2v) is 5.87. The Hall–Kier alpha value is -2.24. The molecule has 1 aliphatic heterocycles. The Kier molecular flexibility index (Phi) is 6.90. The summed E-state index contributed by atoms with van der Waals surface area (Å²) in [7, 11) is 3.09. The first-order valence-corrected chi connectivity index (χ1v) is 8.43. The lowest BCUT2D eigenvalue weighted by molar-refractivity contribution is -0.130. The first kappa shape index (κ1) is 18.1. The Morgan fingerprint density at radius 3 is 2.79 bits per heavy atom. The predicted molar refractivity (Wildman–Crippen MR) is 91.5 cm³/mol. The zero-order valence-electron chi connectivity index (χ0n) is 14.5. The van der Waals surface area contributed by atoms with Gasteiger partial charge in [0.25, 0.3) is 5.91 Å². The van der Waals surface area contributed by atoms with Crippen LogP contribution in [0.3, 0.4) is 0 Å². The maximum atomic E-state index is 12.3. The molecule has 0 spiro atoms. The molecule has 2 amide bonds. The number of rotatable bonds is 7.